The molecule has 3 aromatic rings. The molecule has 0 spiro atoms. The standard InChI is InChI=1S/C16H17N3/c1-2-17-11-13-6-8-14(9-7-13)15-12-19-10-4-3-5-16(19)18-15/h3-10,12,17H,2,11H2,1H3. The summed E-state index contributed by atoms with van der Waals surface area (Å²) in [6.45, 7) is 4.03. The lowest BCUT2D eigenvalue weighted by Crippen LogP contribution is -2.11. The summed E-state index contributed by atoms with van der Waals surface area (Å²) >= 11 is 0. The molecule has 3 rings (SSSR count). The molecule has 19 heavy (non-hydrogen) atoms. The molecule has 2 aromatic heterocycles. The molecule has 0 unspecified atom stereocenters. The fourth-order valence-corrected chi connectivity index (χ4v) is 2.14. The number of imidazole rings is 1. The van der Waals surface area contributed by atoms with Crippen molar-refractivity contribution in [1.29, 1.82) is 0 Å². The van der Waals surface area contributed by atoms with Crippen LogP contribution in [0.2, 0.25) is 0 Å². The van der Waals surface area contributed by atoms with E-state index in [1.807, 2.05) is 28.8 Å². The second kappa shape index (κ2) is 5.24. The van der Waals surface area contributed by atoms with Gasteiger partial charge >= 0.3 is 0 Å². The van der Waals surface area contributed by atoms with E-state index in [4.69, 9.17) is 0 Å². The number of aromatic nitrogens is 2. The summed E-state index contributed by atoms with van der Waals surface area (Å²) in [5.41, 5.74) is 4.45. The van der Waals surface area contributed by atoms with Crippen LogP contribution in [0.15, 0.2) is 54.9 Å². The van der Waals surface area contributed by atoms with Crippen molar-refractivity contribution in [3.63, 3.8) is 0 Å². The average Bonchev–Trinajstić information content (AvgIpc) is 2.89. The van der Waals surface area contributed by atoms with Gasteiger partial charge in [0, 0.05) is 24.5 Å². The molecule has 0 saturated heterocycles. The van der Waals surface area contributed by atoms with Crippen LogP contribution in [0.25, 0.3) is 16.9 Å². The van der Waals surface area contributed by atoms with E-state index in [1.54, 1.807) is 0 Å². The van der Waals surface area contributed by atoms with Gasteiger partial charge in [-0.25, -0.2) is 4.98 Å². The Hall–Kier alpha value is -2.13. The fraction of sp³-hybridized carbons (Fsp3) is 0.188. The second-order valence-electron chi connectivity index (χ2n) is 4.57. The minimum Gasteiger partial charge on any atom is -0.313 e. The van der Waals surface area contributed by atoms with Crippen LogP contribution in [-0.4, -0.2) is 15.9 Å². The van der Waals surface area contributed by atoms with Crippen LogP contribution in [0.3, 0.4) is 0 Å². The third kappa shape index (κ3) is 2.51. The van der Waals surface area contributed by atoms with E-state index in [2.05, 4.69) is 47.7 Å². The molecule has 96 valence electrons. The highest BCUT2D eigenvalue weighted by Crippen LogP contribution is 2.19. The number of rotatable bonds is 4. The fourth-order valence-electron chi connectivity index (χ4n) is 2.14. The molecule has 0 atom stereocenters. The maximum absolute atomic E-state index is 4.62. The molecule has 0 fully saturated rings. The molecular weight excluding hydrogens is 234 g/mol. The molecule has 0 saturated carbocycles. The van der Waals surface area contributed by atoms with Gasteiger partial charge in [-0.15, -0.1) is 0 Å². The Balaban J connectivity index is 1.88. The predicted molar refractivity (Wildman–Crippen MR) is 78.0 cm³/mol. The Morgan fingerprint density at radius 2 is 1.95 bits per heavy atom. The molecule has 0 aliphatic carbocycles. The van der Waals surface area contributed by atoms with Gasteiger partial charge in [-0.3, -0.25) is 0 Å². The van der Waals surface area contributed by atoms with Crippen molar-refractivity contribution in [2.24, 2.45) is 0 Å². The SMILES string of the molecule is CCNCc1ccc(-c2cn3ccccc3n2)cc1. The lowest BCUT2D eigenvalue weighted by atomic mass is 10.1. The van der Waals surface area contributed by atoms with Crippen LogP contribution in [-0.2, 0) is 6.54 Å². The van der Waals surface area contributed by atoms with Crippen LogP contribution in [0.5, 0.6) is 0 Å². The summed E-state index contributed by atoms with van der Waals surface area (Å²) in [4.78, 5) is 4.62. The maximum atomic E-state index is 4.62. The number of nitrogens with zero attached hydrogens (tertiary/aromatic N) is 2. The Morgan fingerprint density at radius 3 is 2.68 bits per heavy atom. The summed E-state index contributed by atoms with van der Waals surface area (Å²) in [5.74, 6) is 0. The highest BCUT2D eigenvalue weighted by atomic mass is 15.0. The second-order valence-corrected chi connectivity index (χ2v) is 4.57. The maximum Gasteiger partial charge on any atom is 0.137 e. The first-order chi connectivity index (χ1) is 9.36. The van der Waals surface area contributed by atoms with Crippen LogP contribution in [0.4, 0.5) is 0 Å². The normalized spacial score (nSPS) is 11.0. The molecule has 0 amide bonds. The Morgan fingerprint density at radius 1 is 1.11 bits per heavy atom. The molecule has 1 aromatic carbocycles. The Bertz CT molecular complexity index is 635. The largest absolute Gasteiger partial charge is 0.313 e. The first kappa shape index (κ1) is 11.9. The lowest BCUT2D eigenvalue weighted by molar-refractivity contribution is 0.727. The van der Waals surface area contributed by atoms with Crippen LogP contribution >= 0.6 is 0 Å². The molecule has 2 heterocycles. The number of fused-ring (bicyclic) bond motifs is 1. The van der Waals surface area contributed by atoms with E-state index in [0.717, 1.165) is 30.0 Å². The summed E-state index contributed by atoms with van der Waals surface area (Å²) in [6.07, 6.45) is 4.08. The molecule has 1 N–H and O–H groups in total. The smallest absolute Gasteiger partial charge is 0.137 e. The van der Waals surface area contributed by atoms with Crippen molar-refractivity contribution in [2.45, 2.75) is 13.5 Å². The van der Waals surface area contributed by atoms with Gasteiger partial charge in [0.2, 0.25) is 0 Å². The first-order valence-corrected chi connectivity index (χ1v) is 6.60. The summed E-state index contributed by atoms with van der Waals surface area (Å²) in [7, 11) is 0. The molecule has 0 aliphatic heterocycles. The van der Waals surface area contributed by atoms with Gasteiger partial charge in [0.25, 0.3) is 0 Å². The third-order valence-electron chi connectivity index (χ3n) is 3.19. The number of pyridine rings is 1. The first-order valence-electron chi connectivity index (χ1n) is 6.60. The quantitative estimate of drug-likeness (QED) is 0.772. The number of hydrogen-bond acceptors (Lipinski definition) is 2. The van der Waals surface area contributed by atoms with Crippen molar-refractivity contribution in [3.8, 4) is 11.3 Å². The van der Waals surface area contributed by atoms with Gasteiger partial charge in [0.15, 0.2) is 0 Å². The minimum absolute atomic E-state index is 0.919. The topological polar surface area (TPSA) is 29.3 Å². The van der Waals surface area contributed by atoms with Crippen LogP contribution in [0, 0.1) is 0 Å². The van der Waals surface area contributed by atoms with Crippen LogP contribution < -0.4 is 5.32 Å². The van der Waals surface area contributed by atoms with Gasteiger partial charge < -0.3 is 9.72 Å². The van der Waals surface area contributed by atoms with Crippen molar-refractivity contribution in [3.05, 3.63) is 60.4 Å². The summed E-state index contributed by atoms with van der Waals surface area (Å²) in [6, 6.07) is 14.6. The molecule has 0 radical (unpaired) electrons. The molecule has 3 heteroatoms. The van der Waals surface area contributed by atoms with E-state index >= 15 is 0 Å². The van der Waals surface area contributed by atoms with Crippen molar-refractivity contribution >= 4 is 5.65 Å². The van der Waals surface area contributed by atoms with E-state index in [-0.39, 0.29) is 0 Å². The zero-order valence-corrected chi connectivity index (χ0v) is 11.0. The van der Waals surface area contributed by atoms with Gasteiger partial charge in [-0.1, -0.05) is 37.3 Å². The van der Waals surface area contributed by atoms with E-state index in [0.29, 0.717) is 0 Å². The Kier molecular flexibility index (Phi) is 3.29. The lowest BCUT2D eigenvalue weighted by Gasteiger charge is -2.02. The minimum atomic E-state index is 0.919. The van der Waals surface area contributed by atoms with E-state index in [1.165, 1.54) is 5.56 Å². The van der Waals surface area contributed by atoms with Gasteiger partial charge in [0.1, 0.15) is 5.65 Å². The monoisotopic (exact) mass is 251 g/mol. The zero-order valence-electron chi connectivity index (χ0n) is 11.0. The average molecular weight is 251 g/mol. The van der Waals surface area contributed by atoms with E-state index in [9.17, 15) is 0 Å². The highest BCUT2D eigenvalue weighted by molar-refractivity contribution is 5.62. The van der Waals surface area contributed by atoms with Crippen molar-refractivity contribution < 1.29 is 0 Å². The molecule has 3 nitrogen and oxygen atoms in total. The van der Waals surface area contributed by atoms with Crippen LogP contribution in [0.1, 0.15) is 12.5 Å². The predicted octanol–water partition coefficient (Wildman–Crippen LogP) is 3.11. The van der Waals surface area contributed by atoms with Gasteiger partial charge in [0.05, 0.1) is 5.69 Å². The number of benzene rings is 1. The van der Waals surface area contributed by atoms with Gasteiger partial charge in [-0.05, 0) is 24.2 Å². The molecular formula is C16H17N3. The Labute approximate surface area is 112 Å². The van der Waals surface area contributed by atoms with E-state index < -0.39 is 0 Å². The number of hydrogen-bond donors (Lipinski definition) is 1. The summed E-state index contributed by atoms with van der Waals surface area (Å²) in [5, 5.41) is 3.33. The highest BCUT2D eigenvalue weighted by Gasteiger charge is 2.03. The van der Waals surface area contributed by atoms with Crippen molar-refractivity contribution in [2.75, 3.05) is 6.54 Å². The van der Waals surface area contributed by atoms with Gasteiger partial charge in [-0.2, -0.15) is 0 Å². The zero-order chi connectivity index (χ0) is 13.1. The molecule has 0 aliphatic rings. The van der Waals surface area contributed by atoms with Crippen molar-refractivity contribution in [1.82, 2.24) is 14.7 Å². The summed E-state index contributed by atoms with van der Waals surface area (Å²) < 4.78 is 2.04. The molecule has 0 bridgehead atoms. The number of nitrogens with one attached hydrogen (secondary N) is 1. The third-order valence-corrected chi connectivity index (χ3v) is 3.19.